The van der Waals surface area contributed by atoms with Gasteiger partial charge in [0.1, 0.15) is 11.9 Å². The number of halogens is 3. The average Bonchev–Trinajstić information content (AvgIpc) is 2.38. The molecule has 2 rings (SSSR count). The molecule has 3 N–H and O–H groups in total. The molecule has 0 heterocycles. The fraction of sp³-hybridized carbons (Fsp3) is 0. The number of nitrogens with two attached hydrogens (primary N) is 1. The normalized spacial score (nSPS) is 10.0. The van der Waals surface area contributed by atoms with Gasteiger partial charge >= 0.3 is 0 Å². The van der Waals surface area contributed by atoms with Crippen LogP contribution in [0.4, 0.5) is 30.2 Å². The van der Waals surface area contributed by atoms with Crippen LogP contribution >= 0.6 is 0 Å². The summed E-state index contributed by atoms with van der Waals surface area (Å²) in [6, 6.07) is 7.35. The Morgan fingerprint density at radius 1 is 1.00 bits per heavy atom. The summed E-state index contributed by atoms with van der Waals surface area (Å²) in [5, 5.41) is 11.4. The number of rotatable bonds is 2. The molecule has 0 fully saturated rings. The van der Waals surface area contributed by atoms with Gasteiger partial charge in [-0.1, -0.05) is 0 Å². The zero-order chi connectivity index (χ0) is 14.0. The van der Waals surface area contributed by atoms with Gasteiger partial charge in [-0.2, -0.15) is 5.26 Å². The Bertz CT molecular complexity index is 678. The molecule has 0 saturated heterocycles. The second-order valence-corrected chi connectivity index (χ2v) is 3.78. The minimum Gasteiger partial charge on any atom is -0.398 e. The maximum absolute atomic E-state index is 13.4. The summed E-state index contributed by atoms with van der Waals surface area (Å²) < 4.78 is 39.2. The predicted molar refractivity (Wildman–Crippen MR) is 65.2 cm³/mol. The van der Waals surface area contributed by atoms with Gasteiger partial charge in [-0.15, -0.1) is 0 Å². The third-order valence-corrected chi connectivity index (χ3v) is 2.46. The van der Waals surface area contributed by atoms with Gasteiger partial charge in [0.25, 0.3) is 0 Å². The topological polar surface area (TPSA) is 61.8 Å². The van der Waals surface area contributed by atoms with Gasteiger partial charge in [0.05, 0.1) is 11.3 Å². The molecule has 0 spiro atoms. The van der Waals surface area contributed by atoms with Crippen LogP contribution in [0.5, 0.6) is 0 Å². The minimum absolute atomic E-state index is 0.202. The molecule has 0 atom stereocenters. The quantitative estimate of drug-likeness (QED) is 0.645. The molecule has 0 amide bonds. The molecule has 3 nitrogen and oxygen atoms in total. The SMILES string of the molecule is N#Cc1cc(Nc2cc(F)c(F)cc2F)ccc1N. The summed E-state index contributed by atoms with van der Waals surface area (Å²) >= 11 is 0. The lowest BCUT2D eigenvalue weighted by molar-refractivity contribution is 0.496. The number of nitrogens with one attached hydrogen (secondary N) is 1. The summed E-state index contributed by atoms with van der Waals surface area (Å²) in [6.45, 7) is 0. The Hall–Kier alpha value is -2.68. The van der Waals surface area contributed by atoms with Crippen molar-refractivity contribution in [2.75, 3.05) is 11.1 Å². The van der Waals surface area contributed by atoms with E-state index in [-0.39, 0.29) is 16.9 Å². The largest absolute Gasteiger partial charge is 0.398 e. The Morgan fingerprint density at radius 3 is 2.37 bits per heavy atom. The second-order valence-electron chi connectivity index (χ2n) is 3.78. The molecule has 19 heavy (non-hydrogen) atoms. The highest BCUT2D eigenvalue weighted by Gasteiger charge is 2.10. The summed E-state index contributed by atoms with van der Waals surface area (Å²) in [7, 11) is 0. The monoisotopic (exact) mass is 263 g/mol. The van der Waals surface area contributed by atoms with Crippen LogP contribution in [0.3, 0.4) is 0 Å². The zero-order valence-corrected chi connectivity index (χ0v) is 9.55. The number of hydrogen-bond acceptors (Lipinski definition) is 3. The third-order valence-electron chi connectivity index (χ3n) is 2.46. The number of benzene rings is 2. The molecule has 96 valence electrons. The van der Waals surface area contributed by atoms with Crippen molar-refractivity contribution in [1.29, 1.82) is 5.26 Å². The lowest BCUT2D eigenvalue weighted by atomic mass is 10.1. The van der Waals surface area contributed by atoms with Crippen LogP contribution in [0.15, 0.2) is 30.3 Å². The fourth-order valence-corrected chi connectivity index (χ4v) is 1.50. The van der Waals surface area contributed by atoms with E-state index in [1.165, 1.54) is 18.2 Å². The number of hydrogen-bond donors (Lipinski definition) is 2. The second kappa shape index (κ2) is 4.90. The Kier molecular flexibility index (Phi) is 3.29. The molecule has 0 aliphatic carbocycles. The van der Waals surface area contributed by atoms with E-state index in [0.717, 1.165) is 0 Å². The maximum atomic E-state index is 13.4. The first kappa shape index (κ1) is 12.8. The molecule has 0 radical (unpaired) electrons. The Balaban J connectivity index is 2.37. The Labute approximate surface area is 107 Å². The summed E-state index contributed by atoms with van der Waals surface area (Å²) in [6.07, 6.45) is 0. The number of anilines is 3. The molecular weight excluding hydrogens is 255 g/mol. The van der Waals surface area contributed by atoms with Gasteiger partial charge < -0.3 is 11.1 Å². The molecule has 0 aromatic heterocycles. The van der Waals surface area contributed by atoms with Crippen LogP contribution in [-0.4, -0.2) is 0 Å². The van der Waals surface area contributed by atoms with Crippen molar-refractivity contribution < 1.29 is 13.2 Å². The van der Waals surface area contributed by atoms with E-state index in [1.54, 1.807) is 0 Å². The van der Waals surface area contributed by atoms with E-state index in [1.807, 2.05) is 6.07 Å². The predicted octanol–water partition coefficient (Wildman–Crippen LogP) is 3.30. The van der Waals surface area contributed by atoms with Crippen LogP contribution in [0.2, 0.25) is 0 Å². The molecule has 6 heteroatoms. The molecule has 0 saturated carbocycles. The molecular formula is C13H8F3N3. The smallest absolute Gasteiger partial charge is 0.161 e. The first-order valence-electron chi connectivity index (χ1n) is 5.22. The Morgan fingerprint density at radius 2 is 1.68 bits per heavy atom. The lowest BCUT2D eigenvalue weighted by Crippen LogP contribution is -1.98. The average molecular weight is 263 g/mol. The number of nitrogens with zero attached hydrogens (tertiary/aromatic N) is 1. The van der Waals surface area contributed by atoms with Crippen molar-refractivity contribution in [3.05, 3.63) is 53.3 Å². The van der Waals surface area contributed by atoms with E-state index in [2.05, 4.69) is 5.32 Å². The van der Waals surface area contributed by atoms with Gasteiger partial charge in [-0.05, 0) is 18.2 Å². The van der Waals surface area contributed by atoms with Crippen molar-refractivity contribution in [3.63, 3.8) is 0 Å². The molecule has 0 bridgehead atoms. The summed E-state index contributed by atoms with van der Waals surface area (Å²) in [5.74, 6) is -3.37. The van der Waals surface area contributed by atoms with Gasteiger partial charge in [-0.3, -0.25) is 0 Å². The van der Waals surface area contributed by atoms with Crippen molar-refractivity contribution in [1.82, 2.24) is 0 Å². The third kappa shape index (κ3) is 2.60. The van der Waals surface area contributed by atoms with Gasteiger partial charge in [0.15, 0.2) is 11.6 Å². The van der Waals surface area contributed by atoms with E-state index < -0.39 is 17.5 Å². The molecule has 2 aromatic rings. The van der Waals surface area contributed by atoms with E-state index in [0.29, 0.717) is 17.8 Å². The highest BCUT2D eigenvalue weighted by Crippen LogP contribution is 2.24. The molecule has 0 unspecified atom stereocenters. The van der Waals surface area contributed by atoms with Crippen molar-refractivity contribution in [2.45, 2.75) is 0 Å². The van der Waals surface area contributed by atoms with Crippen LogP contribution < -0.4 is 11.1 Å². The number of nitriles is 1. The van der Waals surface area contributed by atoms with Gasteiger partial charge in [0, 0.05) is 23.5 Å². The van der Waals surface area contributed by atoms with Crippen molar-refractivity contribution >= 4 is 17.1 Å². The van der Waals surface area contributed by atoms with Crippen LogP contribution in [0.25, 0.3) is 0 Å². The number of nitrogen functional groups attached to an aromatic ring is 1. The van der Waals surface area contributed by atoms with Crippen molar-refractivity contribution in [3.8, 4) is 6.07 Å². The summed E-state index contributed by atoms with van der Waals surface area (Å²) in [5.41, 5.74) is 6.13. The first-order valence-corrected chi connectivity index (χ1v) is 5.22. The summed E-state index contributed by atoms with van der Waals surface area (Å²) in [4.78, 5) is 0. The van der Waals surface area contributed by atoms with Crippen LogP contribution in [0.1, 0.15) is 5.56 Å². The molecule has 2 aromatic carbocycles. The maximum Gasteiger partial charge on any atom is 0.161 e. The van der Waals surface area contributed by atoms with Gasteiger partial charge in [0.2, 0.25) is 0 Å². The standard InChI is InChI=1S/C13H8F3N3/c14-9-4-11(16)13(5-10(9)15)19-8-1-2-12(18)7(3-8)6-17/h1-5,19H,18H2. The zero-order valence-electron chi connectivity index (χ0n) is 9.55. The van der Waals surface area contributed by atoms with Gasteiger partial charge in [-0.25, -0.2) is 13.2 Å². The van der Waals surface area contributed by atoms with E-state index in [4.69, 9.17) is 11.0 Å². The van der Waals surface area contributed by atoms with E-state index >= 15 is 0 Å². The van der Waals surface area contributed by atoms with Crippen LogP contribution in [0, 0.1) is 28.8 Å². The van der Waals surface area contributed by atoms with Crippen molar-refractivity contribution in [2.24, 2.45) is 0 Å². The fourth-order valence-electron chi connectivity index (χ4n) is 1.50. The first-order chi connectivity index (χ1) is 9.01. The lowest BCUT2D eigenvalue weighted by Gasteiger charge is -2.09. The molecule has 0 aliphatic rings. The highest BCUT2D eigenvalue weighted by atomic mass is 19.2. The minimum atomic E-state index is -1.27. The molecule has 0 aliphatic heterocycles. The van der Waals surface area contributed by atoms with Crippen LogP contribution in [-0.2, 0) is 0 Å². The van der Waals surface area contributed by atoms with E-state index in [9.17, 15) is 13.2 Å². The highest BCUT2D eigenvalue weighted by molar-refractivity contribution is 5.67.